The van der Waals surface area contributed by atoms with Crippen molar-refractivity contribution in [2.45, 2.75) is 26.2 Å². The summed E-state index contributed by atoms with van der Waals surface area (Å²) in [5.74, 6) is 0. The number of rotatable bonds is 3. The third kappa shape index (κ3) is 1.74. The number of aryl methyl sites for hydroxylation is 1. The van der Waals surface area contributed by atoms with Gasteiger partial charge in [0.1, 0.15) is 0 Å². The number of hydrogen-bond acceptors (Lipinski definition) is 0. The number of fused-ring (bicyclic) bond motifs is 1. The molecule has 1 aromatic heterocycles. The first kappa shape index (κ1) is 8.36. The van der Waals surface area contributed by atoms with Gasteiger partial charge >= 0.3 is 0 Å². The fourth-order valence-electron chi connectivity index (χ4n) is 1.56. The summed E-state index contributed by atoms with van der Waals surface area (Å²) in [6, 6.07) is 9.70. The molecule has 0 spiro atoms. The highest BCUT2D eigenvalue weighted by Gasteiger charge is 1.96. The molecule has 67 valence electrons. The van der Waals surface area contributed by atoms with E-state index in [0.717, 1.165) is 0 Å². The van der Waals surface area contributed by atoms with Crippen LogP contribution in [0.25, 0.3) is 10.9 Å². The van der Waals surface area contributed by atoms with Gasteiger partial charge in [0.15, 0.2) is 0 Å². The summed E-state index contributed by atoms with van der Waals surface area (Å²) in [6.45, 7) is 2.22. The molecule has 0 fully saturated rings. The molecule has 1 nitrogen and oxygen atoms in total. The smallest absolute Gasteiger partial charge is 0.0463 e. The number of hydrogen-bond donors (Lipinski definition) is 1. The van der Waals surface area contributed by atoms with Crippen LogP contribution in [0.15, 0.2) is 24.4 Å². The van der Waals surface area contributed by atoms with Crippen molar-refractivity contribution >= 4 is 10.9 Å². The lowest BCUT2D eigenvalue weighted by molar-refractivity contribution is 0.796. The van der Waals surface area contributed by atoms with E-state index in [4.69, 9.17) is 0 Å². The van der Waals surface area contributed by atoms with Crippen molar-refractivity contribution in [3.8, 4) is 0 Å². The molecular formula is C12H14N. The van der Waals surface area contributed by atoms with Crippen LogP contribution in [0.2, 0.25) is 0 Å². The summed E-state index contributed by atoms with van der Waals surface area (Å²) in [4.78, 5) is 3.18. The third-order valence-electron chi connectivity index (χ3n) is 2.36. The summed E-state index contributed by atoms with van der Waals surface area (Å²) >= 11 is 0. The maximum Gasteiger partial charge on any atom is 0.0463 e. The van der Waals surface area contributed by atoms with E-state index in [1.807, 2.05) is 6.20 Å². The quantitative estimate of drug-likeness (QED) is 0.731. The van der Waals surface area contributed by atoms with Gasteiger partial charge in [-0.25, -0.2) is 0 Å². The molecule has 0 amide bonds. The van der Waals surface area contributed by atoms with E-state index in [9.17, 15) is 0 Å². The standard InChI is InChI=1S/C12H14N/c1-2-3-4-10-5-6-11-7-8-13-12(11)9-10/h5-6,8-9,13H,2-4H2,1H3. The van der Waals surface area contributed by atoms with Gasteiger partial charge in [-0.3, -0.25) is 0 Å². The van der Waals surface area contributed by atoms with Crippen LogP contribution in [-0.4, -0.2) is 4.98 Å². The summed E-state index contributed by atoms with van der Waals surface area (Å²) < 4.78 is 0. The molecule has 0 aliphatic rings. The van der Waals surface area contributed by atoms with Gasteiger partial charge in [0.05, 0.1) is 0 Å². The molecule has 0 bridgehead atoms. The van der Waals surface area contributed by atoms with Gasteiger partial charge in [-0.1, -0.05) is 25.5 Å². The first-order valence-electron chi connectivity index (χ1n) is 4.88. The molecule has 0 atom stereocenters. The largest absolute Gasteiger partial charge is 0.361 e. The molecule has 0 saturated carbocycles. The first-order chi connectivity index (χ1) is 6.40. The molecule has 1 N–H and O–H groups in total. The predicted octanol–water partition coefficient (Wildman–Crippen LogP) is 3.31. The highest BCUT2D eigenvalue weighted by Crippen LogP contribution is 2.14. The zero-order valence-corrected chi connectivity index (χ0v) is 7.93. The molecule has 13 heavy (non-hydrogen) atoms. The molecular weight excluding hydrogens is 158 g/mol. The van der Waals surface area contributed by atoms with E-state index in [1.165, 1.54) is 35.7 Å². The van der Waals surface area contributed by atoms with E-state index in [2.05, 4.69) is 36.2 Å². The Kier molecular flexibility index (Phi) is 2.35. The van der Waals surface area contributed by atoms with Crippen LogP contribution in [0, 0.1) is 6.07 Å². The number of unbranched alkanes of at least 4 members (excludes halogenated alkanes) is 1. The maximum absolute atomic E-state index is 3.18. The van der Waals surface area contributed by atoms with Crippen LogP contribution in [0.1, 0.15) is 25.3 Å². The molecule has 0 saturated heterocycles. The minimum absolute atomic E-state index is 1.18. The van der Waals surface area contributed by atoms with Crippen LogP contribution in [0.5, 0.6) is 0 Å². The minimum Gasteiger partial charge on any atom is -0.361 e. The predicted molar refractivity (Wildman–Crippen MR) is 55.7 cm³/mol. The van der Waals surface area contributed by atoms with Gasteiger partial charge in [0.25, 0.3) is 0 Å². The second kappa shape index (κ2) is 3.65. The Bertz CT molecular complexity index is 387. The summed E-state index contributed by atoms with van der Waals surface area (Å²) in [7, 11) is 0. The molecule has 1 heteroatoms. The van der Waals surface area contributed by atoms with Crippen molar-refractivity contribution in [1.82, 2.24) is 4.98 Å². The maximum atomic E-state index is 3.18. The second-order valence-corrected chi connectivity index (χ2v) is 3.42. The number of aromatic amines is 1. The lowest BCUT2D eigenvalue weighted by atomic mass is 10.1. The zero-order chi connectivity index (χ0) is 9.10. The van der Waals surface area contributed by atoms with Crippen molar-refractivity contribution in [2.24, 2.45) is 0 Å². The zero-order valence-electron chi connectivity index (χ0n) is 7.93. The molecule has 1 radical (unpaired) electrons. The summed E-state index contributed by atoms with van der Waals surface area (Å²) in [6.07, 6.45) is 5.59. The van der Waals surface area contributed by atoms with Crippen LogP contribution in [-0.2, 0) is 6.42 Å². The molecule has 0 aliphatic heterocycles. The first-order valence-corrected chi connectivity index (χ1v) is 4.88. The Labute approximate surface area is 78.8 Å². The second-order valence-electron chi connectivity index (χ2n) is 3.42. The number of nitrogens with one attached hydrogen (secondary N) is 1. The van der Waals surface area contributed by atoms with Gasteiger partial charge in [0.2, 0.25) is 0 Å². The van der Waals surface area contributed by atoms with Gasteiger partial charge in [-0.05, 0) is 24.5 Å². The van der Waals surface area contributed by atoms with Crippen molar-refractivity contribution in [1.29, 1.82) is 0 Å². The van der Waals surface area contributed by atoms with Crippen molar-refractivity contribution < 1.29 is 0 Å². The molecule has 2 aromatic rings. The van der Waals surface area contributed by atoms with Gasteiger partial charge < -0.3 is 4.98 Å². The van der Waals surface area contributed by atoms with Crippen LogP contribution in [0.4, 0.5) is 0 Å². The topological polar surface area (TPSA) is 15.8 Å². The van der Waals surface area contributed by atoms with Crippen LogP contribution >= 0.6 is 0 Å². The summed E-state index contributed by atoms with van der Waals surface area (Å²) in [5, 5.41) is 1.18. The Hall–Kier alpha value is -1.24. The fourth-order valence-corrected chi connectivity index (χ4v) is 1.56. The Balaban J connectivity index is 2.26. The lowest BCUT2D eigenvalue weighted by Gasteiger charge is -1.99. The number of benzene rings is 1. The molecule has 1 heterocycles. The van der Waals surface area contributed by atoms with E-state index in [0.29, 0.717) is 0 Å². The molecule has 0 aliphatic carbocycles. The Morgan fingerprint density at radius 1 is 1.38 bits per heavy atom. The Morgan fingerprint density at radius 3 is 3.15 bits per heavy atom. The van der Waals surface area contributed by atoms with E-state index in [1.54, 1.807) is 0 Å². The van der Waals surface area contributed by atoms with Gasteiger partial charge in [-0.2, -0.15) is 0 Å². The van der Waals surface area contributed by atoms with Crippen LogP contribution in [0.3, 0.4) is 0 Å². The van der Waals surface area contributed by atoms with E-state index < -0.39 is 0 Å². The molecule has 0 unspecified atom stereocenters. The van der Waals surface area contributed by atoms with Gasteiger partial charge in [0, 0.05) is 23.2 Å². The number of aromatic nitrogens is 1. The van der Waals surface area contributed by atoms with Crippen molar-refractivity contribution in [3.05, 3.63) is 36.0 Å². The Morgan fingerprint density at radius 2 is 2.31 bits per heavy atom. The third-order valence-corrected chi connectivity index (χ3v) is 2.36. The average molecular weight is 172 g/mol. The highest BCUT2D eigenvalue weighted by molar-refractivity contribution is 5.79. The SMILES string of the molecule is CCCCc1ccc2[c]c[nH]c2c1. The number of H-pyrrole nitrogens is 1. The molecule has 1 aromatic carbocycles. The van der Waals surface area contributed by atoms with Crippen LogP contribution < -0.4 is 0 Å². The lowest BCUT2D eigenvalue weighted by Crippen LogP contribution is -1.83. The van der Waals surface area contributed by atoms with Crippen molar-refractivity contribution in [2.75, 3.05) is 0 Å². The molecule has 2 rings (SSSR count). The fraction of sp³-hybridized carbons (Fsp3) is 0.333. The average Bonchev–Trinajstić information content (AvgIpc) is 2.61. The van der Waals surface area contributed by atoms with E-state index in [-0.39, 0.29) is 0 Å². The highest BCUT2D eigenvalue weighted by atomic mass is 14.7. The summed E-state index contributed by atoms with van der Waals surface area (Å²) in [5.41, 5.74) is 2.62. The minimum atomic E-state index is 1.18. The normalized spacial score (nSPS) is 10.8. The van der Waals surface area contributed by atoms with Crippen molar-refractivity contribution in [3.63, 3.8) is 0 Å². The van der Waals surface area contributed by atoms with Gasteiger partial charge in [-0.15, -0.1) is 0 Å². The van der Waals surface area contributed by atoms with E-state index >= 15 is 0 Å². The monoisotopic (exact) mass is 172 g/mol.